The van der Waals surface area contributed by atoms with Gasteiger partial charge in [-0.1, -0.05) is 26.1 Å². The molecular weight excluding hydrogens is 270 g/mol. The predicted octanol–water partition coefficient (Wildman–Crippen LogP) is 1.21. The molecule has 0 unspecified atom stereocenters. The minimum atomic E-state index is -3.44. The quantitative estimate of drug-likeness (QED) is 0.683. The highest BCUT2D eigenvalue weighted by molar-refractivity contribution is 7.86. The number of hydrogen-bond acceptors (Lipinski definition) is 3. The summed E-state index contributed by atoms with van der Waals surface area (Å²) in [6, 6.07) is -0.0745. The summed E-state index contributed by atoms with van der Waals surface area (Å²) < 4.78 is 27.6. The Kier molecular flexibility index (Phi) is 7.28. The second kappa shape index (κ2) is 7.37. The Labute approximate surface area is 117 Å². The standard InChI is InChI=1S/C11H25N3O2S2/c1-9(2)8-14(7-6-11(12)17)18(15,16)13(5)10(3)4/h9-10H,6-8H2,1-5H3,(H2,12,17). The molecule has 0 amide bonds. The van der Waals surface area contributed by atoms with Crippen molar-refractivity contribution in [2.45, 2.75) is 40.2 Å². The second-order valence-electron chi connectivity index (χ2n) is 5.09. The summed E-state index contributed by atoms with van der Waals surface area (Å²) in [5.41, 5.74) is 5.45. The number of thiocarbonyl (C=S) groups is 1. The normalized spacial score (nSPS) is 12.9. The first-order valence-electron chi connectivity index (χ1n) is 6.10. The van der Waals surface area contributed by atoms with Crippen LogP contribution < -0.4 is 5.73 Å². The van der Waals surface area contributed by atoms with E-state index in [1.165, 1.54) is 8.61 Å². The van der Waals surface area contributed by atoms with Crippen LogP contribution in [0, 0.1) is 5.92 Å². The van der Waals surface area contributed by atoms with E-state index >= 15 is 0 Å². The van der Waals surface area contributed by atoms with Crippen LogP contribution in [0.25, 0.3) is 0 Å². The van der Waals surface area contributed by atoms with Crippen molar-refractivity contribution in [1.82, 2.24) is 8.61 Å². The van der Waals surface area contributed by atoms with Crippen LogP contribution >= 0.6 is 12.2 Å². The molecule has 7 heteroatoms. The third-order valence-electron chi connectivity index (χ3n) is 2.59. The lowest BCUT2D eigenvalue weighted by Gasteiger charge is -2.30. The summed E-state index contributed by atoms with van der Waals surface area (Å²) in [7, 11) is -1.85. The SMILES string of the molecule is CC(C)CN(CCC(N)=S)S(=O)(=O)N(C)C(C)C. The summed E-state index contributed by atoms with van der Waals surface area (Å²) in [5, 5.41) is 0. The third-order valence-corrected chi connectivity index (χ3v) is 4.93. The van der Waals surface area contributed by atoms with Crippen LogP contribution in [0.5, 0.6) is 0 Å². The van der Waals surface area contributed by atoms with Gasteiger partial charge in [-0.25, -0.2) is 0 Å². The zero-order valence-corrected chi connectivity index (χ0v) is 13.5. The van der Waals surface area contributed by atoms with Crippen LogP contribution in [0.3, 0.4) is 0 Å². The summed E-state index contributed by atoms with van der Waals surface area (Å²) in [5.74, 6) is 0.256. The zero-order chi connectivity index (χ0) is 14.5. The summed E-state index contributed by atoms with van der Waals surface area (Å²) >= 11 is 4.81. The van der Waals surface area contributed by atoms with Crippen molar-refractivity contribution in [2.75, 3.05) is 20.1 Å². The second-order valence-corrected chi connectivity index (χ2v) is 7.60. The van der Waals surface area contributed by atoms with Crippen LogP contribution in [0.4, 0.5) is 0 Å². The van der Waals surface area contributed by atoms with Crippen molar-refractivity contribution >= 4 is 27.4 Å². The summed E-state index contributed by atoms with van der Waals surface area (Å²) in [6.45, 7) is 8.48. The molecule has 0 saturated carbocycles. The Morgan fingerprint density at radius 1 is 1.28 bits per heavy atom. The molecule has 0 saturated heterocycles. The van der Waals surface area contributed by atoms with E-state index in [1.807, 2.05) is 27.7 Å². The van der Waals surface area contributed by atoms with Gasteiger partial charge in [-0.05, 0) is 19.8 Å². The highest BCUT2D eigenvalue weighted by atomic mass is 32.2. The predicted molar refractivity (Wildman–Crippen MR) is 79.6 cm³/mol. The monoisotopic (exact) mass is 295 g/mol. The van der Waals surface area contributed by atoms with E-state index in [0.29, 0.717) is 24.5 Å². The first-order chi connectivity index (χ1) is 8.09. The van der Waals surface area contributed by atoms with Crippen LogP contribution in [0.1, 0.15) is 34.1 Å². The molecule has 0 fully saturated rings. The minimum absolute atomic E-state index is 0.0745. The van der Waals surface area contributed by atoms with Crippen molar-refractivity contribution in [3.05, 3.63) is 0 Å². The Morgan fingerprint density at radius 2 is 1.78 bits per heavy atom. The molecule has 0 aromatic carbocycles. The molecule has 0 aliphatic heterocycles. The molecule has 0 aromatic heterocycles. The fraction of sp³-hybridized carbons (Fsp3) is 0.909. The Balaban J connectivity index is 4.98. The van der Waals surface area contributed by atoms with E-state index in [9.17, 15) is 8.42 Å². The Morgan fingerprint density at radius 3 is 2.11 bits per heavy atom. The highest BCUT2D eigenvalue weighted by Crippen LogP contribution is 2.13. The minimum Gasteiger partial charge on any atom is -0.393 e. The van der Waals surface area contributed by atoms with Crippen LogP contribution in [0.2, 0.25) is 0 Å². The smallest absolute Gasteiger partial charge is 0.281 e. The van der Waals surface area contributed by atoms with Crippen molar-refractivity contribution in [3.63, 3.8) is 0 Å². The van der Waals surface area contributed by atoms with Gasteiger partial charge in [-0.15, -0.1) is 0 Å². The van der Waals surface area contributed by atoms with Gasteiger partial charge in [0.25, 0.3) is 10.2 Å². The van der Waals surface area contributed by atoms with Crippen LogP contribution in [-0.4, -0.2) is 48.2 Å². The highest BCUT2D eigenvalue weighted by Gasteiger charge is 2.28. The fourth-order valence-electron chi connectivity index (χ4n) is 1.39. The average molecular weight is 295 g/mol. The number of nitrogens with two attached hydrogens (primary N) is 1. The molecule has 0 spiro atoms. The molecule has 18 heavy (non-hydrogen) atoms. The van der Waals surface area contributed by atoms with E-state index < -0.39 is 10.2 Å². The molecule has 0 bridgehead atoms. The summed E-state index contributed by atoms with van der Waals surface area (Å²) in [4.78, 5) is 0.339. The maximum Gasteiger partial charge on any atom is 0.281 e. The summed E-state index contributed by atoms with van der Waals surface area (Å²) in [6.07, 6.45) is 0.410. The molecule has 108 valence electrons. The lowest BCUT2D eigenvalue weighted by molar-refractivity contribution is 0.318. The molecule has 0 aliphatic rings. The zero-order valence-electron chi connectivity index (χ0n) is 11.9. The van der Waals surface area contributed by atoms with E-state index in [-0.39, 0.29) is 12.0 Å². The maximum absolute atomic E-state index is 12.4. The van der Waals surface area contributed by atoms with Crippen molar-refractivity contribution in [3.8, 4) is 0 Å². The van der Waals surface area contributed by atoms with E-state index in [1.54, 1.807) is 7.05 Å². The van der Waals surface area contributed by atoms with E-state index in [2.05, 4.69) is 0 Å². The van der Waals surface area contributed by atoms with E-state index in [4.69, 9.17) is 18.0 Å². The molecule has 5 nitrogen and oxygen atoms in total. The number of nitrogens with zero attached hydrogens (tertiary/aromatic N) is 2. The van der Waals surface area contributed by atoms with Gasteiger partial charge in [0.05, 0.1) is 4.99 Å². The molecule has 0 aliphatic carbocycles. The van der Waals surface area contributed by atoms with Gasteiger partial charge in [-0.3, -0.25) is 0 Å². The first-order valence-corrected chi connectivity index (χ1v) is 7.91. The Hall–Kier alpha value is -0.240. The van der Waals surface area contributed by atoms with Gasteiger partial charge < -0.3 is 5.73 Å². The van der Waals surface area contributed by atoms with Crippen LogP contribution in [-0.2, 0) is 10.2 Å². The van der Waals surface area contributed by atoms with Crippen LogP contribution in [0.15, 0.2) is 0 Å². The van der Waals surface area contributed by atoms with Gasteiger partial charge in [0, 0.05) is 32.6 Å². The molecular formula is C11H25N3O2S2. The molecule has 0 aromatic rings. The first kappa shape index (κ1) is 17.8. The molecule has 0 heterocycles. The largest absolute Gasteiger partial charge is 0.393 e. The average Bonchev–Trinajstić information content (AvgIpc) is 2.21. The third kappa shape index (κ3) is 5.60. The van der Waals surface area contributed by atoms with Gasteiger partial charge >= 0.3 is 0 Å². The molecule has 2 N–H and O–H groups in total. The van der Waals surface area contributed by atoms with Crippen molar-refractivity contribution < 1.29 is 8.42 Å². The van der Waals surface area contributed by atoms with E-state index in [0.717, 1.165) is 0 Å². The van der Waals surface area contributed by atoms with Crippen molar-refractivity contribution in [1.29, 1.82) is 0 Å². The van der Waals surface area contributed by atoms with Gasteiger partial charge in [0.15, 0.2) is 0 Å². The lowest BCUT2D eigenvalue weighted by Crippen LogP contribution is -2.46. The molecule has 0 atom stereocenters. The molecule has 0 rings (SSSR count). The molecule has 0 radical (unpaired) electrons. The number of hydrogen-bond donors (Lipinski definition) is 1. The fourth-order valence-corrected chi connectivity index (χ4v) is 3.19. The lowest BCUT2D eigenvalue weighted by atomic mass is 10.2. The van der Waals surface area contributed by atoms with Gasteiger partial charge in [0.1, 0.15) is 0 Å². The maximum atomic E-state index is 12.4. The topological polar surface area (TPSA) is 66.6 Å². The number of rotatable bonds is 8. The Bertz CT molecular complexity index is 366. The van der Waals surface area contributed by atoms with Gasteiger partial charge in [-0.2, -0.15) is 17.0 Å². The van der Waals surface area contributed by atoms with Crippen molar-refractivity contribution in [2.24, 2.45) is 11.7 Å². The van der Waals surface area contributed by atoms with Gasteiger partial charge in [0.2, 0.25) is 0 Å².